The number of aromatic carboxylic acids is 1. The summed E-state index contributed by atoms with van der Waals surface area (Å²) in [4.78, 5) is 17.0. The monoisotopic (exact) mass is 392 g/mol. The summed E-state index contributed by atoms with van der Waals surface area (Å²) in [5.41, 5.74) is -0.866. The predicted molar refractivity (Wildman–Crippen MR) is 86.3 cm³/mol. The molecule has 0 radical (unpaired) electrons. The van der Waals surface area contributed by atoms with Crippen LogP contribution in [0.25, 0.3) is 0 Å². The molecule has 2 heterocycles. The molecule has 0 bridgehead atoms. The number of halogens is 4. The minimum atomic E-state index is -4.40. The molecule has 1 atom stereocenters. The van der Waals surface area contributed by atoms with Gasteiger partial charge in [0.25, 0.3) is 0 Å². The van der Waals surface area contributed by atoms with Crippen LogP contribution in [0.15, 0.2) is 36.5 Å². The summed E-state index contributed by atoms with van der Waals surface area (Å²) in [6.45, 7) is 0.830. The van der Waals surface area contributed by atoms with Crippen LogP contribution in [0.4, 0.5) is 19.0 Å². The smallest absolute Gasteiger partial charge is 0.545 e. The summed E-state index contributed by atoms with van der Waals surface area (Å²) in [7, 11) is 0. The van der Waals surface area contributed by atoms with Crippen LogP contribution in [-0.4, -0.2) is 30.1 Å². The second-order valence-electron chi connectivity index (χ2n) is 5.81. The van der Waals surface area contributed by atoms with E-state index < -0.39 is 17.7 Å². The first-order valence-electron chi connectivity index (χ1n) is 7.70. The van der Waals surface area contributed by atoms with Gasteiger partial charge in [-0.25, -0.2) is 4.98 Å². The van der Waals surface area contributed by atoms with Crippen LogP contribution in [0, 0.1) is 0 Å². The van der Waals surface area contributed by atoms with E-state index in [1.54, 1.807) is 4.90 Å². The largest absolute Gasteiger partial charge is 1.00 e. The summed E-state index contributed by atoms with van der Waals surface area (Å²) in [6, 6.07) is 5.70. The van der Waals surface area contributed by atoms with Crippen molar-refractivity contribution in [3.63, 3.8) is 0 Å². The maximum atomic E-state index is 12.6. The SMILES string of the molecule is O=C([O-])c1cc(Cl)cnc1N1CCC(Oc2ccc(C(F)(F)F)cc2)C1.[Li+]. The molecule has 138 valence electrons. The molecule has 27 heavy (non-hydrogen) atoms. The van der Waals surface area contributed by atoms with E-state index in [4.69, 9.17) is 16.3 Å². The van der Waals surface area contributed by atoms with Gasteiger partial charge in [-0.1, -0.05) is 11.6 Å². The van der Waals surface area contributed by atoms with Crippen molar-refractivity contribution < 1.29 is 46.7 Å². The Balaban J connectivity index is 0.00000261. The maximum Gasteiger partial charge on any atom is 1.00 e. The van der Waals surface area contributed by atoms with Crippen molar-refractivity contribution in [3.05, 3.63) is 52.7 Å². The van der Waals surface area contributed by atoms with E-state index >= 15 is 0 Å². The summed E-state index contributed by atoms with van der Waals surface area (Å²) in [5.74, 6) is -0.843. The van der Waals surface area contributed by atoms with Crippen LogP contribution in [0.3, 0.4) is 0 Å². The number of rotatable bonds is 4. The maximum absolute atomic E-state index is 12.6. The van der Waals surface area contributed by atoms with Crippen molar-refractivity contribution in [1.82, 2.24) is 4.98 Å². The predicted octanol–water partition coefficient (Wildman–Crippen LogP) is -0.221. The number of hydrogen-bond donors (Lipinski definition) is 0. The molecule has 0 amide bonds. The molecule has 1 aromatic heterocycles. The molecule has 5 nitrogen and oxygen atoms in total. The molecule has 0 spiro atoms. The van der Waals surface area contributed by atoms with Gasteiger partial charge in [0.1, 0.15) is 17.7 Å². The van der Waals surface area contributed by atoms with Gasteiger partial charge < -0.3 is 19.5 Å². The Labute approximate surface area is 170 Å². The number of nitrogens with zero attached hydrogens (tertiary/aromatic N) is 2. The average Bonchev–Trinajstić information content (AvgIpc) is 3.02. The zero-order valence-corrected chi connectivity index (χ0v) is 15.0. The first-order valence-corrected chi connectivity index (χ1v) is 8.07. The standard InChI is InChI=1S/C17H14ClF3N2O3.Li/c18-11-7-14(16(24)25)15(22-8-11)23-6-5-13(9-23)26-12-3-1-10(2-4-12)17(19,20)21;/h1-4,7-8,13H,5-6,9H2,(H,24,25);/q;+1/p-1. The fourth-order valence-corrected chi connectivity index (χ4v) is 2.92. The van der Waals surface area contributed by atoms with Gasteiger partial charge in [0.2, 0.25) is 0 Å². The first kappa shape index (κ1) is 21.4. The average molecular weight is 393 g/mol. The number of pyridine rings is 1. The molecule has 1 aliphatic heterocycles. The number of alkyl halides is 3. The van der Waals surface area contributed by atoms with E-state index in [1.165, 1.54) is 24.4 Å². The number of aromatic nitrogens is 1. The first-order chi connectivity index (χ1) is 12.2. The van der Waals surface area contributed by atoms with E-state index in [0.717, 1.165) is 12.1 Å². The van der Waals surface area contributed by atoms with Gasteiger partial charge in [0, 0.05) is 24.7 Å². The Morgan fingerprint density at radius 1 is 1.30 bits per heavy atom. The van der Waals surface area contributed by atoms with E-state index in [2.05, 4.69) is 4.98 Å². The normalized spacial score (nSPS) is 16.7. The minimum Gasteiger partial charge on any atom is -0.545 e. The number of carbonyl (C=O) groups excluding carboxylic acids is 1. The minimum absolute atomic E-state index is 0. The third-order valence-corrected chi connectivity index (χ3v) is 4.19. The molecule has 0 N–H and O–H groups in total. The third-order valence-electron chi connectivity index (χ3n) is 3.98. The Morgan fingerprint density at radius 2 is 1.96 bits per heavy atom. The number of anilines is 1. The summed E-state index contributed by atoms with van der Waals surface area (Å²) in [5, 5.41) is 11.4. The van der Waals surface area contributed by atoms with Gasteiger partial charge in [0.15, 0.2) is 0 Å². The molecule has 1 aromatic carbocycles. The quantitative estimate of drug-likeness (QED) is 0.673. The zero-order valence-electron chi connectivity index (χ0n) is 14.3. The Morgan fingerprint density at radius 3 is 2.56 bits per heavy atom. The number of benzene rings is 1. The fraction of sp³-hybridized carbons (Fsp3) is 0.294. The molecule has 1 fully saturated rings. The Hall–Kier alpha value is -1.88. The molecule has 2 aromatic rings. The van der Waals surface area contributed by atoms with Crippen molar-refractivity contribution in [3.8, 4) is 5.75 Å². The second kappa shape index (κ2) is 8.42. The van der Waals surface area contributed by atoms with Gasteiger partial charge in [0.05, 0.1) is 23.1 Å². The summed E-state index contributed by atoms with van der Waals surface area (Å²) >= 11 is 5.77. The number of hydrogen-bond acceptors (Lipinski definition) is 5. The molecule has 1 saturated heterocycles. The molecular weight excluding hydrogens is 380 g/mol. The van der Waals surface area contributed by atoms with Crippen molar-refractivity contribution in [2.75, 3.05) is 18.0 Å². The van der Waals surface area contributed by atoms with Crippen LogP contribution >= 0.6 is 11.6 Å². The molecular formula is C17H13ClF3LiN2O3. The third kappa shape index (κ3) is 5.10. The van der Waals surface area contributed by atoms with Crippen molar-refractivity contribution >= 4 is 23.4 Å². The van der Waals surface area contributed by atoms with E-state index in [0.29, 0.717) is 25.3 Å². The molecule has 10 heteroatoms. The van der Waals surface area contributed by atoms with Gasteiger partial charge >= 0.3 is 25.0 Å². The van der Waals surface area contributed by atoms with Crippen LogP contribution < -0.4 is 33.6 Å². The van der Waals surface area contributed by atoms with Gasteiger partial charge in [-0.2, -0.15) is 13.2 Å². The van der Waals surface area contributed by atoms with Crippen LogP contribution in [0.2, 0.25) is 5.02 Å². The van der Waals surface area contributed by atoms with Crippen LogP contribution in [0.1, 0.15) is 22.3 Å². The number of carboxylic acids is 1. The van der Waals surface area contributed by atoms with E-state index in [9.17, 15) is 23.1 Å². The molecule has 1 unspecified atom stereocenters. The molecule has 1 aliphatic rings. The van der Waals surface area contributed by atoms with Gasteiger partial charge in [-0.3, -0.25) is 0 Å². The topological polar surface area (TPSA) is 65.5 Å². The number of ether oxygens (including phenoxy) is 1. The van der Waals surface area contributed by atoms with Gasteiger partial charge in [-0.15, -0.1) is 0 Å². The van der Waals surface area contributed by atoms with Crippen molar-refractivity contribution in [2.45, 2.75) is 18.7 Å². The summed E-state index contributed by atoms with van der Waals surface area (Å²) in [6.07, 6.45) is -2.80. The van der Waals surface area contributed by atoms with E-state index in [-0.39, 0.29) is 41.4 Å². The summed E-state index contributed by atoms with van der Waals surface area (Å²) < 4.78 is 43.4. The zero-order chi connectivity index (χ0) is 18.9. The Kier molecular flexibility index (Phi) is 6.68. The number of carbonyl (C=O) groups is 1. The van der Waals surface area contributed by atoms with Crippen molar-refractivity contribution in [1.29, 1.82) is 0 Å². The van der Waals surface area contributed by atoms with Gasteiger partial charge in [-0.05, 0) is 30.3 Å². The Bertz CT molecular complexity index is 818. The van der Waals surface area contributed by atoms with Crippen LogP contribution in [0.5, 0.6) is 5.75 Å². The van der Waals surface area contributed by atoms with Crippen LogP contribution in [-0.2, 0) is 6.18 Å². The molecule has 0 aliphatic carbocycles. The molecule has 0 saturated carbocycles. The number of carboxylic acid groups (broad SMARTS) is 1. The second-order valence-corrected chi connectivity index (χ2v) is 6.25. The van der Waals surface area contributed by atoms with Crippen molar-refractivity contribution in [2.24, 2.45) is 0 Å². The fourth-order valence-electron chi connectivity index (χ4n) is 2.77. The van der Waals surface area contributed by atoms with E-state index in [1.807, 2.05) is 0 Å². The molecule has 3 rings (SSSR count).